The molecule has 4 aromatic rings. The maximum Gasteiger partial charge on any atom is 0.276 e. The van der Waals surface area contributed by atoms with E-state index in [1.54, 1.807) is 26.0 Å². The normalized spacial score (nSPS) is 22.1. The number of fused-ring (bicyclic) bond motifs is 5. The predicted molar refractivity (Wildman–Crippen MR) is 127 cm³/mol. The summed E-state index contributed by atoms with van der Waals surface area (Å²) in [6.07, 6.45) is 1.70. The molecular weight excluding hydrogens is 464 g/mol. The van der Waals surface area contributed by atoms with Crippen LogP contribution in [0.3, 0.4) is 0 Å². The van der Waals surface area contributed by atoms with Crippen LogP contribution in [0.25, 0.3) is 22.8 Å². The van der Waals surface area contributed by atoms with E-state index >= 15 is 0 Å². The molecule has 2 aliphatic carbocycles. The van der Waals surface area contributed by atoms with Crippen molar-refractivity contribution in [3.8, 4) is 22.8 Å². The number of aliphatic hydroxyl groups is 1. The van der Waals surface area contributed by atoms with E-state index in [1.807, 2.05) is 12.1 Å². The van der Waals surface area contributed by atoms with Crippen LogP contribution < -0.4 is 0 Å². The molecule has 0 saturated heterocycles. The summed E-state index contributed by atoms with van der Waals surface area (Å²) < 4.78 is 34.4. The van der Waals surface area contributed by atoms with Gasteiger partial charge in [-0.1, -0.05) is 31.1 Å². The van der Waals surface area contributed by atoms with E-state index in [0.29, 0.717) is 5.69 Å². The highest BCUT2D eigenvalue weighted by Crippen LogP contribution is 2.69. The molecule has 2 aliphatic rings. The van der Waals surface area contributed by atoms with Crippen molar-refractivity contribution >= 4 is 0 Å². The van der Waals surface area contributed by atoms with Crippen LogP contribution in [-0.2, 0) is 11.0 Å². The van der Waals surface area contributed by atoms with Crippen molar-refractivity contribution in [2.24, 2.45) is 5.41 Å². The Labute approximate surface area is 206 Å². The van der Waals surface area contributed by atoms with Gasteiger partial charge in [-0.15, -0.1) is 5.10 Å². The Kier molecular flexibility index (Phi) is 4.73. The van der Waals surface area contributed by atoms with Crippen LogP contribution in [0.15, 0.2) is 47.0 Å². The van der Waals surface area contributed by atoms with Crippen LogP contribution in [0, 0.1) is 17.0 Å². The van der Waals surface area contributed by atoms with E-state index in [2.05, 4.69) is 34.2 Å². The zero-order valence-corrected chi connectivity index (χ0v) is 20.4. The Morgan fingerprint density at radius 3 is 2.42 bits per heavy atom. The largest absolute Gasteiger partial charge is 0.382 e. The van der Waals surface area contributed by atoms with Gasteiger partial charge in [-0.2, -0.15) is 10.1 Å². The summed E-state index contributed by atoms with van der Waals surface area (Å²) in [7, 11) is 0. The van der Waals surface area contributed by atoms with Gasteiger partial charge in [0.1, 0.15) is 22.9 Å². The van der Waals surface area contributed by atoms with E-state index in [9.17, 15) is 13.9 Å². The van der Waals surface area contributed by atoms with E-state index in [0.717, 1.165) is 29.8 Å². The summed E-state index contributed by atoms with van der Waals surface area (Å²) in [5, 5.41) is 23.0. The summed E-state index contributed by atoms with van der Waals surface area (Å²) in [5.74, 6) is -0.810. The minimum absolute atomic E-state index is 0.132. The third-order valence-electron chi connectivity index (χ3n) is 7.98. The Balaban J connectivity index is 1.48. The third-order valence-corrected chi connectivity index (χ3v) is 7.98. The first-order valence-corrected chi connectivity index (χ1v) is 11.9. The zero-order valence-electron chi connectivity index (χ0n) is 20.4. The van der Waals surface area contributed by atoms with Gasteiger partial charge in [0.25, 0.3) is 5.89 Å². The van der Waals surface area contributed by atoms with Crippen molar-refractivity contribution in [1.29, 1.82) is 0 Å². The minimum atomic E-state index is -1.24. The average Bonchev–Trinajstić information content (AvgIpc) is 3.48. The molecule has 7 nitrogen and oxygen atoms in total. The van der Waals surface area contributed by atoms with E-state index in [1.165, 1.54) is 18.2 Å². The van der Waals surface area contributed by atoms with Gasteiger partial charge in [-0.3, -0.25) is 0 Å². The van der Waals surface area contributed by atoms with Gasteiger partial charge in [0.05, 0.1) is 28.1 Å². The fraction of sp³-hybridized carbons (Fsp3) is 0.370. The number of pyridine rings is 1. The van der Waals surface area contributed by atoms with Gasteiger partial charge in [0, 0.05) is 0 Å². The van der Waals surface area contributed by atoms with Crippen molar-refractivity contribution in [3.05, 3.63) is 76.9 Å². The highest BCUT2D eigenvalue weighted by atomic mass is 19.1. The fourth-order valence-electron chi connectivity index (χ4n) is 6.12. The number of benzene rings is 1. The van der Waals surface area contributed by atoms with Crippen LogP contribution in [0.1, 0.15) is 69.2 Å². The number of halogens is 2. The van der Waals surface area contributed by atoms with Crippen molar-refractivity contribution in [2.45, 2.75) is 57.5 Å². The highest BCUT2D eigenvalue weighted by molar-refractivity contribution is 5.64. The van der Waals surface area contributed by atoms with Crippen molar-refractivity contribution < 1.29 is 18.4 Å². The number of aromatic nitrogens is 5. The second-order valence-electron chi connectivity index (χ2n) is 10.7. The third kappa shape index (κ3) is 3.01. The number of hydrogen-bond donors (Lipinski definition) is 1. The minimum Gasteiger partial charge on any atom is -0.382 e. The predicted octanol–water partition coefficient (Wildman–Crippen LogP) is 5.30. The Hall–Kier alpha value is -3.59. The molecule has 2 atom stereocenters. The molecule has 0 unspecified atom stereocenters. The van der Waals surface area contributed by atoms with E-state index in [-0.39, 0.29) is 34.3 Å². The molecule has 2 bridgehead atoms. The molecular formula is C27H25F2N5O2. The highest BCUT2D eigenvalue weighted by Gasteiger charge is 2.65. The monoisotopic (exact) mass is 489 g/mol. The maximum atomic E-state index is 14.5. The van der Waals surface area contributed by atoms with Crippen molar-refractivity contribution in [2.75, 3.05) is 0 Å². The average molecular weight is 490 g/mol. The van der Waals surface area contributed by atoms with Crippen LogP contribution in [0.4, 0.5) is 8.78 Å². The molecule has 6 rings (SSSR count). The second kappa shape index (κ2) is 7.46. The van der Waals surface area contributed by atoms with Gasteiger partial charge in [-0.05, 0) is 73.9 Å². The molecule has 0 amide bonds. The second-order valence-corrected chi connectivity index (χ2v) is 10.7. The molecule has 36 heavy (non-hydrogen) atoms. The maximum absolute atomic E-state index is 14.5. The summed E-state index contributed by atoms with van der Waals surface area (Å²) in [6, 6.07) is 11.2. The Bertz CT molecular complexity index is 1490. The molecule has 1 fully saturated rings. The molecule has 1 N–H and O–H groups in total. The molecule has 3 aromatic heterocycles. The molecule has 1 saturated carbocycles. The van der Waals surface area contributed by atoms with Gasteiger partial charge in [0.15, 0.2) is 0 Å². The lowest BCUT2D eigenvalue weighted by molar-refractivity contribution is 0.0661. The quantitative estimate of drug-likeness (QED) is 0.416. The number of rotatable bonds is 4. The van der Waals surface area contributed by atoms with Gasteiger partial charge in [0.2, 0.25) is 5.82 Å². The van der Waals surface area contributed by atoms with Gasteiger partial charge < -0.3 is 9.63 Å². The fourth-order valence-corrected chi connectivity index (χ4v) is 6.12. The number of nitrogens with zero attached hydrogens (tertiary/aromatic N) is 5. The zero-order chi connectivity index (χ0) is 25.5. The lowest BCUT2D eigenvalue weighted by Crippen LogP contribution is -2.37. The first kappa shape index (κ1) is 22.8. The van der Waals surface area contributed by atoms with E-state index < -0.39 is 22.7 Å². The van der Waals surface area contributed by atoms with Crippen LogP contribution >= 0.6 is 0 Å². The van der Waals surface area contributed by atoms with Crippen LogP contribution in [0.2, 0.25) is 0 Å². The standard InChI is InChI=1S/C27H25F2N5O2/c1-25(2)15-11-12-27(25,20-10-6-9-18(30-20)23-31-24(34-36-23)26(3,4)35)22-14(15)13-19(32-33-22)21-16(28)7-5-8-17(21)29/h5-10,13,15,35H,11-12H2,1-4H3/t15-,27-/m0/s1. The van der Waals surface area contributed by atoms with Crippen LogP contribution in [-0.4, -0.2) is 30.4 Å². The first-order valence-electron chi connectivity index (χ1n) is 11.9. The van der Waals surface area contributed by atoms with Crippen molar-refractivity contribution in [1.82, 2.24) is 25.3 Å². The summed E-state index contributed by atoms with van der Waals surface area (Å²) in [6.45, 7) is 7.54. The number of hydrogen-bond acceptors (Lipinski definition) is 7. The summed E-state index contributed by atoms with van der Waals surface area (Å²) >= 11 is 0. The van der Waals surface area contributed by atoms with Crippen molar-refractivity contribution in [3.63, 3.8) is 0 Å². The first-order chi connectivity index (χ1) is 17.0. The van der Waals surface area contributed by atoms with Gasteiger partial charge in [-0.25, -0.2) is 13.8 Å². The molecule has 1 aromatic carbocycles. The smallest absolute Gasteiger partial charge is 0.276 e. The Morgan fingerprint density at radius 2 is 1.72 bits per heavy atom. The lowest BCUT2D eigenvalue weighted by Gasteiger charge is -2.37. The lowest BCUT2D eigenvalue weighted by atomic mass is 9.66. The SMILES string of the molecule is CC(C)(O)c1noc(-c2cccc([C@@]34CC[C@@H](c5cc(-c6c(F)cccc6F)nnc53)C4(C)C)n2)n1. The van der Waals surface area contributed by atoms with Gasteiger partial charge >= 0.3 is 0 Å². The molecule has 9 heteroatoms. The molecule has 3 heterocycles. The van der Waals surface area contributed by atoms with Crippen LogP contribution in [0.5, 0.6) is 0 Å². The Morgan fingerprint density at radius 1 is 1.00 bits per heavy atom. The molecule has 0 radical (unpaired) electrons. The summed E-state index contributed by atoms with van der Waals surface area (Å²) in [4.78, 5) is 9.26. The molecule has 0 aliphatic heterocycles. The van der Waals surface area contributed by atoms with E-state index in [4.69, 9.17) is 9.51 Å². The molecule has 184 valence electrons. The molecule has 0 spiro atoms. The topological polar surface area (TPSA) is 97.8 Å². The summed E-state index contributed by atoms with van der Waals surface area (Å²) in [5.41, 5.74) is 1.01.